The Labute approximate surface area is 128 Å². The molecule has 1 atom stereocenters. The molecule has 1 aromatic carbocycles. The second kappa shape index (κ2) is 8.05. The number of hydrogen-bond acceptors (Lipinski definition) is 5. The van der Waals surface area contributed by atoms with Gasteiger partial charge in [-0.1, -0.05) is 12.1 Å². The van der Waals surface area contributed by atoms with E-state index in [1.165, 1.54) is 0 Å². The van der Waals surface area contributed by atoms with Crippen molar-refractivity contribution in [2.75, 3.05) is 30.0 Å². The summed E-state index contributed by atoms with van der Waals surface area (Å²) in [5.41, 5.74) is 0.892. The average molecular weight is 308 g/mol. The van der Waals surface area contributed by atoms with Crippen LogP contribution in [0.5, 0.6) is 0 Å². The lowest BCUT2D eigenvalue weighted by molar-refractivity contribution is -0.116. The van der Waals surface area contributed by atoms with Crippen LogP contribution in [-0.4, -0.2) is 42.6 Å². The predicted molar refractivity (Wildman–Crippen MR) is 84.8 cm³/mol. The van der Waals surface area contributed by atoms with Gasteiger partial charge in [-0.3, -0.25) is 4.79 Å². The van der Waals surface area contributed by atoms with Crippen LogP contribution in [0.1, 0.15) is 23.7 Å². The minimum absolute atomic E-state index is 0.0910. The Morgan fingerprint density at radius 1 is 1.43 bits per heavy atom. The van der Waals surface area contributed by atoms with Crippen molar-refractivity contribution in [2.24, 2.45) is 0 Å². The molecule has 1 aliphatic rings. The van der Waals surface area contributed by atoms with Crippen molar-refractivity contribution in [1.82, 2.24) is 5.32 Å². The van der Waals surface area contributed by atoms with Crippen LogP contribution >= 0.6 is 11.8 Å². The highest BCUT2D eigenvalue weighted by Gasteiger charge is 2.18. The number of rotatable bonds is 5. The lowest BCUT2D eigenvalue weighted by Crippen LogP contribution is -2.40. The van der Waals surface area contributed by atoms with Gasteiger partial charge in [0.15, 0.2) is 0 Å². The molecule has 5 nitrogen and oxygen atoms in total. The van der Waals surface area contributed by atoms with Gasteiger partial charge in [0.1, 0.15) is 0 Å². The van der Waals surface area contributed by atoms with Gasteiger partial charge >= 0.3 is 5.97 Å². The Kier molecular flexibility index (Phi) is 6.07. The molecule has 1 unspecified atom stereocenters. The SMILES string of the molecule is CCOC(=O)c1ccccc1NC(=O)CC1CSCCN1. The second-order valence-corrected chi connectivity index (χ2v) is 5.89. The number of thioether (sulfide) groups is 1. The first-order valence-electron chi connectivity index (χ1n) is 7.08. The van der Waals surface area contributed by atoms with Crippen molar-refractivity contribution in [3.05, 3.63) is 29.8 Å². The van der Waals surface area contributed by atoms with Gasteiger partial charge < -0.3 is 15.4 Å². The van der Waals surface area contributed by atoms with Crippen molar-refractivity contribution in [2.45, 2.75) is 19.4 Å². The lowest BCUT2D eigenvalue weighted by Gasteiger charge is -2.22. The van der Waals surface area contributed by atoms with Crippen LogP contribution in [0.4, 0.5) is 5.69 Å². The van der Waals surface area contributed by atoms with E-state index < -0.39 is 5.97 Å². The van der Waals surface area contributed by atoms with Gasteiger partial charge in [-0.05, 0) is 19.1 Å². The molecule has 2 rings (SSSR count). The van der Waals surface area contributed by atoms with E-state index in [4.69, 9.17) is 4.74 Å². The number of ether oxygens (including phenoxy) is 1. The second-order valence-electron chi connectivity index (χ2n) is 4.74. The van der Waals surface area contributed by atoms with Crippen LogP contribution in [0.2, 0.25) is 0 Å². The quantitative estimate of drug-likeness (QED) is 0.813. The molecule has 0 bridgehead atoms. The van der Waals surface area contributed by atoms with Crippen molar-refractivity contribution >= 4 is 29.3 Å². The number of amides is 1. The largest absolute Gasteiger partial charge is 0.462 e. The molecule has 0 aromatic heterocycles. The van der Waals surface area contributed by atoms with E-state index in [0.717, 1.165) is 18.1 Å². The summed E-state index contributed by atoms with van der Waals surface area (Å²) >= 11 is 1.85. The fourth-order valence-electron chi connectivity index (χ4n) is 2.15. The minimum Gasteiger partial charge on any atom is -0.462 e. The number of benzene rings is 1. The van der Waals surface area contributed by atoms with Gasteiger partial charge in [-0.15, -0.1) is 0 Å². The highest BCUT2D eigenvalue weighted by molar-refractivity contribution is 7.99. The topological polar surface area (TPSA) is 67.4 Å². The molecule has 1 amide bonds. The van der Waals surface area contributed by atoms with Gasteiger partial charge in [0.25, 0.3) is 0 Å². The van der Waals surface area contributed by atoms with Crippen LogP contribution in [0.3, 0.4) is 0 Å². The average Bonchev–Trinajstić information content (AvgIpc) is 2.49. The molecule has 1 aliphatic heterocycles. The van der Waals surface area contributed by atoms with Gasteiger partial charge in [0, 0.05) is 30.5 Å². The normalized spacial score (nSPS) is 18.0. The van der Waals surface area contributed by atoms with Crippen LogP contribution in [0.25, 0.3) is 0 Å². The Morgan fingerprint density at radius 2 is 2.24 bits per heavy atom. The summed E-state index contributed by atoms with van der Waals surface area (Å²) in [5, 5.41) is 6.13. The van der Waals surface area contributed by atoms with Crippen LogP contribution < -0.4 is 10.6 Å². The Bertz CT molecular complexity index is 501. The Morgan fingerprint density at radius 3 is 2.95 bits per heavy atom. The maximum Gasteiger partial charge on any atom is 0.340 e. The van der Waals surface area contributed by atoms with Crippen molar-refractivity contribution < 1.29 is 14.3 Å². The van der Waals surface area contributed by atoms with E-state index in [2.05, 4.69) is 10.6 Å². The number of carbonyl (C=O) groups is 2. The number of para-hydroxylation sites is 1. The number of carbonyl (C=O) groups excluding carboxylic acids is 2. The van der Waals surface area contributed by atoms with Crippen LogP contribution in [-0.2, 0) is 9.53 Å². The molecule has 6 heteroatoms. The molecule has 114 valence electrons. The maximum atomic E-state index is 12.1. The van der Waals surface area contributed by atoms with E-state index in [1.807, 2.05) is 11.8 Å². The van der Waals surface area contributed by atoms with Crippen LogP contribution in [0.15, 0.2) is 24.3 Å². The molecule has 1 fully saturated rings. The monoisotopic (exact) mass is 308 g/mol. The molecule has 0 aliphatic carbocycles. The van der Waals surface area contributed by atoms with Crippen molar-refractivity contribution in [3.63, 3.8) is 0 Å². The third kappa shape index (κ3) is 4.75. The molecular weight excluding hydrogens is 288 g/mol. The minimum atomic E-state index is -0.417. The molecule has 21 heavy (non-hydrogen) atoms. The zero-order chi connectivity index (χ0) is 15.1. The molecule has 2 N–H and O–H groups in total. The first-order chi connectivity index (χ1) is 10.2. The van der Waals surface area contributed by atoms with Crippen molar-refractivity contribution in [1.29, 1.82) is 0 Å². The highest BCUT2D eigenvalue weighted by Crippen LogP contribution is 2.17. The van der Waals surface area contributed by atoms with Gasteiger partial charge in [0.2, 0.25) is 5.91 Å². The standard InChI is InChI=1S/C15H20N2O3S/c1-2-20-15(19)12-5-3-4-6-13(12)17-14(18)9-11-10-21-8-7-16-11/h3-6,11,16H,2,7-10H2,1H3,(H,17,18). The summed E-state index contributed by atoms with van der Waals surface area (Å²) in [6.45, 7) is 3.00. The molecule has 0 radical (unpaired) electrons. The highest BCUT2D eigenvalue weighted by atomic mass is 32.2. The zero-order valence-corrected chi connectivity index (χ0v) is 12.9. The fourth-order valence-corrected chi connectivity index (χ4v) is 3.10. The number of esters is 1. The number of nitrogens with one attached hydrogen (secondary N) is 2. The Hall–Kier alpha value is -1.53. The maximum absolute atomic E-state index is 12.1. The van der Waals surface area contributed by atoms with E-state index in [1.54, 1.807) is 31.2 Å². The van der Waals surface area contributed by atoms with Gasteiger partial charge in [-0.2, -0.15) is 11.8 Å². The lowest BCUT2D eigenvalue weighted by atomic mass is 10.1. The number of anilines is 1. The first kappa shape index (κ1) is 15.9. The molecule has 1 aromatic rings. The smallest absolute Gasteiger partial charge is 0.340 e. The van der Waals surface area contributed by atoms with E-state index in [-0.39, 0.29) is 11.9 Å². The zero-order valence-electron chi connectivity index (χ0n) is 12.1. The molecule has 1 heterocycles. The molecule has 0 saturated carbocycles. The molecule has 1 saturated heterocycles. The summed E-state index contributed by atoms with van der Waals surface area (Å²) in [6, 6.07) is 7.10. The fraction of sp³-hybridized carbons (Fsp3) is 0.467. The Balaban J connectivity index is 1.98. The summed E-state index contributed by atoms with van der Waals surface area (Å²) in [5.74, 6) is 1.52. The van der Waals surface area contributed by atoms with Crippen molar-refractivity contribution in [3.8, 4) is 0 Å². The summed E-state index contributed by atoms with van der Waals surface area (Å²) < 4.78 is 4.99. The van der Waals surface area contributed by atoms with E-state index in [0.29, 0.717) is 24.3 Å². The predicted octanol–water partition coefficient (Wildman–Crippen LogP) is 1.90. The van der Waals surface area contributed by atoms with Gasteiger partial charge in [-0.25, -0.2) is 4.79 Å². The third-order valence-corrected chi connectivity index (χ3v) is 4.26. The third-order valence-electron chi connectivity index (χ3n) is 3.13. The van der Waals surface area contributed by atoms with E-state index >= 15 is 0 Å². The van der Waals surface area contributed by atoms with Gasteiger partial charge in [0.05, 0.1) is 17.9 Å². The summed E-state index contributed by atoms with van der Waals surface area (Å²) in [6.07, 6.45) is 0.407. The number of hydrogen-bond donors (Lipinski definition) is 2. The first-order valence-corrected chi connectivity index (χ1v) is 8.23. The summed E-state index contributed by atoms with van der Waals surface area (Å²) in [7, 11) is 0. The summed E-state index contributed by atoms with van der Waals surface area (Å²) in [4.78, 5) is 23.9. The van der Waals surface area contributed by atoms with Crippen LogP contribution in [0, 0.1) is 0 Å². The van der Waals surface area contributed by atoms with E-state index in [9.17, 15) is 9.59 Å². The molecular formula is C15H20N2O3S. The molecule has 0 spiro atoms.